The van der Waals surface area contributed by atoms with Crippen LogP contribution in [0.2, 0.25) is 0 Å². The van der Waals surface area contributed by atoms with E-state index in [-0.39, 0.29) is 17.7 Å². The Morgan fingerprint density at radius 3 is 2.47 bits per heavy atom. The van der Waals surface area contributed by atoms with E-state index in [4.69, 9.17) is 0 Å². The molecule has 0 aliphatic carbocycles. The van der Waals surface area contributed by atoms with E-state index < -0.39 is 0 Å². The quantitative estimate of drug-likeness (QED) is 0.519. The molecule has 2 heterocycles. The maximum absolute atomic E-state index is 12.8. The van der Waals surface area contributed by atoms with Crippen molar-refractivity contribution in [3.63, 3.8) is 0 Å². The zero-order chi connectivity index (χ0) is 20.5. The van der Waals surface area contributed by atoms with Gasteiger partial charge in [-0.2, -0.15) is 0 Å². The summed E-state index contributed by atoms with van der Waals surface area (Å²) in [6.07, 6.45) is 3.64. The molecule has 146 valence electrons. The molecule has 1 atom stereocenters. The van der Waals surface area contributed by atoms with Gasteiger partial charge in [0, 0.05) is 28.8 Å². The van der Waals surface area contributed by atoms with Crippen LogP contribution in [0, 0.1) is 0 Å². The SMILES string of the molecule is O=C(NC[C@@H]1c2ccccc2-c2cncn21)c1cccc(C(=O)c2ccccc2)c1. The van der Waals surface area contributed by atoms with Crippen molar-refractivity contribution in [3.05, 3.63) is 114 Å². The van der Waals surface area contributed by atoms with Crippen LogP contribution in [0.15, 0.2) is 91.4 Å². The van der Waals surface area contributed by atoms with Crippen molar-refractivity contribution in [1.82, 2.24) is 14.9 Å². The Labute approximate surface area is 174 Å². The zero-order valence-corrected chi connectivity index (χ0v) is 16.2. The third kappa shape index (κ3) is 3.10. The van der Waals surface area contributed by atoms with Crippen molar-refractivity contribution in [2.45, 2.75) is 6.04 Å². The van der Waals surface area contributed by atoms with E-state index in [0.717, 1.165) is 11.3 Å². The minimum Gasteiger partial charge on any atom is -0.350 e. The average Bonchev–Trinajstić information content (AvgIpc) is 3.39. The Bertz CT molecular complexity index is 1240. The minimum absolute atomic E-state index is 0.00298. The van der Waals surface area contributed by atoms with Gasteiger partial charge in [0.2, 0.25) is 0 Å². The number of amides is 1. The number of benzene rings is 3. The van der Waals surface area contributed by atoms with Gasteiger partial charge in [-0.25, -0.2) is 4.98 Å². The first kappa shape index (κ1) is 18.1. The topological polar surface area (TPSA) is 64.0 Å². The highest BCUT2D eigenvalue weighted by atomic mass is 16.1. The second-order valence-corrected chi connectivity index (χ2v) is 7.28. The minimum atomic E-state index is -0.205. The Morgan fingerprint density at radius 1 is 0.867 bits per heavy atom. The van der Waals surface area contributed by atoms with Crippen molar-refractivity contribution in [3.8, 4) is 11.3 Å². The lowest BCUT2D eigenvalue weighted by Gasteiger charge is -2.16. The molecule has 5 rings (SSSR count). The number of imidazole rings is 1. The molecule has 4 aromatic rings. The van der Waals surface area contributed by atoms with Crippen molar-refractivity contribution < 1.29 is 9.59 Å². The number of ketones is 1. The molecule has 1 amide bonds. The van der Waals surface area contributed by atoms with Gasteiger partial charge < -0.3 is 9.88 Å². The van der Waals surface area contributed by atoms with E-state index in [9.17, 15) is 9.59 Å². The predicted octanol–water partition coefficient (Wildman–Crippen LogP) is 4.11. The summed E-state index contributed by atoms with van der Waals surface area (Å²) < 4.78 is 2.08. The van der Waals surface area contributed by atoms with E-state index in [1.54, 1.807) is 42.7 Å². The van der Waals surface area contributed by atoms with Gasteiger partial charge >= 0.3 is 0 Å². The van der Waals surface area contributed by atoms with Gasteiger partial charge in [-0.3, -0.25) is 9.59 Å². The highest BCUT2D eigenvalue weighted by Gasteiger charge is 2.28. The van der Waals surface area contributed by atoms with Crippen LogP contribution in [0.3, 0.4) is 0 Å². The van der Waals surface area contributed by atoms with E-state index in [1.807, 2.05) is 36.5 Å². The molecule has 0 saturated heterocycles. The van der Waals surface area contributed by atoms with E-state index in [2.05, 4.69) is 27.0 Å². The molecule has 0 fully saturated rings. The summed E-state index contributed by atoms with van der Waals surface area (Å²) >= 11 is 0. The molecule has 5 nitrogen and oxygen atoms in total. The Morgan fingerprint density at radius 2 is 1.60 bits per heavy atom. The molecule has 1 aliphatic rings. The summed E-state index contributed by atoms with van der Waals surface area (Å²) in [7, 11) is 0. The van der Waals surface area contributed by atoms with Gasteiger partial charge in [0.05, 0.1) is 24.3 Å². The van der Waals surface area contributed by atoms with Crippen LogP contribution in [-0.2, 0) is 0 Å². The molecule has 1 aromatic heterocycles. The van der Waals surface area contributed by atoms with Crippen LogP contribution >= 0.6 is 0 Å². The van der Waals surface area contributed by atoms with Crippen LogP contribution in [0.5, 0.6) is 0 Å². The van der Waals surface area contributed by atoms with Gasteiger partial charge in [0.1, 0.15) is 0 Å². The summed E-state index contributed by atoms with van der Waals surface area (Å²) in [5.74, 6) is -0.304. The summed E-state index contributed by atoms with van der Waals surface area (Å²) in [4.78, 5) is 29.8. The average molecular weight is 393 g/mol. The standard InChI is InChI=1S/C25H19N3O2/c29-24(17-7-2-1-3-8-17)18-9-6-10-19(13-18)25(30)27-15-23-21-12-5-4-11-20(21)22-14-26-16-28(22)23/h1-14,16,23H,15H2,(H,27,30)/t23-/m1/s1. The highest BCUT2D eigenvalue weighted by Crippen LogP contribution is 2.38. The maximum Gasteiger partial charge on any atom is 0.251 e. The first-order chi connectivity index (χ1) is 14.7. The lowest BCUT2D eigenvalue weighted by atomic mass is 10.0. The Balaban J connectivity index is 1.34. The normalized spacial score (nSPS) is 14.1. The molecule has 0 saturated carbocycles. The largest absolute Gasteiger partial charge is 0.350 e. The number of fused-ring (bicyclic) bond motifs is 3. The van der Waals surface area contributed by atoms with Crippen LogP contribution in [-0.4, -0.2) is 27.8 Å². The smallest absolute Gasteiger partial charge is 0.251 e. The molecule has 1 N–H and O–H groups in total. The van der Waals surface area contributed by atoms with Crippen LogP contribution in [0.1, 0.15) is 37.9 Å². The van der Waals surface area contributed by atoms with E-state index in [1.165, 1.54) is 5.56 Å². The number of carbonyl (C=O) groups excluding carboxylic acids is 2. The fourth-order valence-corrected chi connectivity index (χ4v) is 3.99. The first-order valence-electron chi connectivity index (χ1n) is 9.81. The number of nitrogens with zero attached hydrogens (tertiary/aromatic N) is 2. The van der Waals surface area contributed by atoms with Gasteiger partial charge in [-0.1, -0.05) is 66.7 Å². The molecular weight excluding hydrogens is 374 g/mol. The summed E-state index contributed by atoms with van der Waals surface area (Å²) in [5.41, 5.74) is 4.93. The van der Waals surface area contributed by atoms with E-state index >= 15 is 0 Å². The number of aromatic nitrogens is 2. The molecule has 5 heteroatoms. The number of hydrogen-bond donors (Lipinski definition) is 1. The van der Waals surface area contributed by atoms with Gasteiger partial charge in [0.25, 0.3) is 5.91 Å². The number of hydrogen-bond acceptors (Lipinski definition) is 3. The van der Waals surface area contributed by atoms with Crippen LogP contribution < -0.4 is 5.32 Å². The van der Waals surface area contributed by atoms with E-state index in [0.29, 0.717) is 23.2 Å². The second-order valence-electron chi connectivity index (χ2n) is 7.28. The highest BCUT2D eigenvalue weighted by molar-refractivity contribution is 6.10. The van der Waals surface area contributed by atoms with Crippen molar-refractivity contribution in [1.29, 1.82) is 0 Å². The third-order valence-corrected chi connectivity index (χ3v) is 5.48. The van der Waals surface area contributed by atoms with Crippen LogP contribution in [0.25, 0.3) is 11.3 Å². The predicted molar refractivity (Wildman–Crippen MR) is 114 cm³/mol. The van der Waals surface area contributed by atoms with Crippen LogP contribution in [0.4, 0.5) is 0 Å². The number of carbonyl (C=O) groups is 2. The molecule has 0 radical (unpaired) electrons. The van der Waals surface area contributed by atoms with Gasteiger partial charge in [-0.15, -0.1) is 0 Å². The number of rotatable bonds is 5. The first-order valence-corrected chi connectivity index (χ1v) is 9.81. The van der Waals surface area contributed by atoms with Gasteiger partial charge in [0.15, 0.2) is 5.78 Å². The fourth-order valence-electron chi connectivity index (χ4n) is 3.99. The summed E-state index contributed by atoms with van der Waals surface area (Å²) in [5, 5.41) is 3.02. The molecule has 0 unspecified atom stereocenters. The number of nitrogens with one attached hydrogen (secondary N) is 1. The maximum atomic E-state index is 12.8. The molecule has 0 bridgehead atoms. The fraction of sp³-hybridized carbons (Fsp3) is 0.0800. The monoisotopic (exact) mass is 393 g/mol. The molecule has 3 aromatic carbocycles. The summed E-state index contributed by atoms with van der Waals surface area (Å²) in [6.45, 7) is 0.441. The summed E-state index contributed by atoms with van der Waals surface area (Å²) in [6, 6.07) is 24.1. The molecular formula is C25H19N3O2. The second kappa shape index (κ2) is 7.44. The van der Waals surface area contributed by atoms with Crippen molar-refractivity contribution in [2.75, 3.05) is 6.54 Å². The lowest BCUT2D eigenvalue weighted by Crippen LogP contribution is -2.30. The zero-order valence-electron chi connectivity index (χ0n) is 16.2. The van der Waals surface area contributed by atoms with Crippen molar-refractivity contribution in [2.24, 2.45) is 0 Å². The van der Waals surface area contributed by atoms with Gasteiger partial charge in [-0.05, 0) is 17.7 Å². The molecule has 0 spiro atoms. The Hall–Kier alpha value is -3.99. The molecule has 30 heavy (non-hydrogen) atoms. The Kier molecular flexibility index (Phi) is 4.48. The van der Waals surface area contributed by atoms with Crippen molar-refractivity contribution >= 4 is 11.7 Å². The lowest BCUT2D eigenvalue weighted by molar-refractivity contribution is 0.0950. The molecule has 1 aliphatic heterocycles. The third-order valence-electron chi connectivity index (χ3n) is 5.48.